The van der Waals surface area contributed by atoms with Crippen molar-refractivity contribution in [1.82, 2.24) is 9.97 Å². The van der Waals surface area contributed by atoms with E-state index in [1.165, 1.54) is 11.8 Å². The van der Waals surface area contributed by atoms with E-state index in [9.17, 15) is 4.79 Å². The molecule has 2 heterocycles. The van der Waals surface area contributed by atoms with Gasteiger partial charge in [-0.1, -0.05) is 24.3 Å². The van der Waals surface area contributed by atoms with Crippen molar-refractivity contribution in [2.45, 2.75) is 18.6 Å². The maximum absolute atomic E-state index is 11.8. The molecule has 2 aromatic heterocycles. The molecule has 0 aliphatic heterocycles. The Balaban J connectivity index is 1.32. The number of oxazole rings is 1. The zero-order valence-corrected chi connectivity index (χ0v) is 15.2. The van der Waals surface area contributed by atoms with E-state index in [-0.39, 0.29) is 5.97 Å². The Morgan fingerprint density at radius 3 is 2.85 bits per heavy atom. The summed E-state index contributed by atoms with van der Waals surface area (Å²) in [5.74, 6) is 1.31. The molecule has 3 aromatic rings. The highest BCUT2D eigenvalue weighted by Gasteiger charge is 2.08. The smallest absolute Gasteiger partial charge is 0.315 e. The van der Waals surface area contributed by atoms with E-state index in [1.54, 1.807) is 12.5 Å². The number of hydrogen-bond acceptors (Lipinski definition) is 6. The standard InChI is InChI=1S/C20H20N2O3S/c23-19(24-11-5-7-16-6-4-10-21-12-16)15-26-14-18-13-25-20(22-18)17-8-2-1-3-9-17/h1-4,6,8-10,12-13H,5,7,11,14-15H2. The molecule has 0 radical (unpaired) electrons. The van der Waals surface area contributed by atoms with Crippen molar-refractivity contribution in [3.05, 3.63) is 72.4 Å². The van der Waals surface area contributed by atoms with Crippen LogP contribution >= 0.6 is 11.8 Å². The van der Waals surface area contributed by atoms with Crippen LogP contribution in [0.1, 0.15) is 17.7 Å². The first-order valence-electron chi connectivity index (χ1n) is 8.43. The Labute approximate surface area is 156 Å². The molecule has 6 heteroatoms. The quantitative estimate of drug-likeness (QED) is 0.418. The molecule has 0 fully saturated rings. The Kier molecular flexibility index (Phi) is 6.84. The Bertz CT molecular complexity index is 806. The number of nitrogens with zero attached hydrogens (tertiary/aromatic N) is 2. The molecule has 0 atom stereocenters. The molecule has 0 N–H and O–H groups in total. The average Bonchev–Trinajstić information content (AvgIpc) is 3.16. The number of ether oxygens (including phenoxy) is 1. The summed E-state index contributed by atoms with van der Waals surface area (Å²) in [6.45, 7) is 0.427. The second kappa shape index (κ2) is 9.77. The van der Waals surface area contributed by atoms with Crippen LogP contribution in [0, 0.1) is 0 Å². The highest BCUT2D eigenvalue weighted by Crippen LogP contribution is 2.20. The summed E-state index contributed by atoms with van der Waals surface area (Å²) in [7, 11) is 0. The van der Waals surface area contributed by atoms with Gasteiger partial charge in [0, 0.05) is 23.7 Å². The van der Waals surface area contributed by atoms with Crippen LogP contribution in [0.15, 0.2) is 65.5 Å². The molecule has 0 aliphatic rings. The lowest BCUT2D eigenvalue weighted by Crippen LogP contribution is -2.09. The zero-order chi connectivity index (χ0) is 18.0. The van der Waals surface area contributed by atoms with Gasteiger partial charge in [-0.15, -0.1) is 11.8 Å². The van der Waals surface area contributed by atoms with Gasteiger partial charge in [0.2, 0.25) is 5.89 Å². The summed E-state index contributed by atoms with van der Waals surface area (Å²) in [5.41, 5.74) is 2.91. The van der Waals surface area contributed by atoms with Gasteiger partial charge in [-0.05, 0) is 36.6 Å². The number of benzene rings is 1. The predicted molar refractivity (Wildman–Crippen MR) is 102 cm³/mol. The molecular weight excluding hydrogens is 348 g/mol. The lowest BCUT2D eigenvalue weighted by atomic mass is 10.2. The molecule has 0 saturated heterocycles. The fourth-order valence-electron chi connectivity index (χ4n) is 2.38. The monoisotopic (exact) mass is 368 g/mol. The molecule has 3 rings (SSSR count). The van der Waals surface area contributed by atoms with Gasteiger partial charge in [0.05, 0.1) is 18.1 Å². The predicted octanol–water partition coefficient (Wildman–Crippen LogP) is 4.15. The number of thioether (sulfide) groups is 1. The van der Waals surface area contributed by atoms with E-state index in [2.05, 4.69) is 9.97 Å². The van der Waals surface area contributed by atoms with Crippen molar-refractivity contribution in [3.8, 4) is 11.5 Å². The van der Waals surface area contributed by atoms with E-state index < -0.39 is 0 Å². The Morgan fingerprint density at radius 1 is 1.15 bits per heavy atom. The van der Waals surface area contributed by atoms with Gasteiger partial charge in [0.1, 0.15) is 6.26 Å². The fraction of sp³-hybridized carbons (Fsp3) is 0.250. The second-order valence-electron chi connectivity index (χ2n) is 5.69. The number of carbonyl (C=O) groups excluding carboxylic acids is 1. The van der Waals surface area contributed by atoms with Crippen molar-refractivity contribution in [2.24, 2.45) is 0 Å². The lowest BCUT2D eigenvalue weighted by molar-refractivity contribution is -0.140. The van der Waals surface area contributed by atoms with Crippen LogP contribution in [0.2, 0.25) is 0 Å². The van der Waals surface area contributed by atoms with Crippen molar-refractivity contribution in [1.29, 1.82) is 0 Å². The van der Waals surface area contributed by atoms with Crippen LogP contribution < -0.4 is 0 Å². The van der Waals surface area contributed by atoms with Gasteiger partial charge in [-0.3, -0.25) is 9.78 Å². The largest absolute Gasteiger partial charge is 0.465 e. The molecule has 26 heavy (non-hydrogen) atoms. The molecule has 0 aliphatic carbocycles. The highest BCUT2D eigenvalue weighted by molar-refractivity contribution is 7.99. The van der Waals surface area contributed by atoms with E-state index in [4.69, 9.17) is 9.15 Å². The highest BCUT2D eigenvalue weighted by atomic mass is 32.2. The van der Waals surface area contributed by atoms with E-state index in [0.29, 0.717) is 24.0 Å². The van der Waals surface area contributed by atoms with E-state index >= 15 is 0 Å². The van der Waals surface area contributed by atoms with Gasteiger partial charge in [-0.25, -0.2) is 4.98 Å². The molecule has 0 unspecified atom stereocenters. The molecule has 134 valence electrons. The summed E-state index contributed by atoms with van der Waals surface area (Å²) < 4.78 is 10.7. The van der Waals surface area contributed by atoms with Crippen molar-refractivity contribution < 1.29 is 13.9 Å². The Morgan fingerprint density at radius 2 is 2.04 bits per heavy atom. The third-order valence-corrected chi connectivity index (χ3v) is 4.58. The number of aromatic nitrogens is 2. The normalized spacial score (nSPS) is 10.6. The van der Waals surface area contributed by atoms with Gasteiger partial charge < -0.3 is 9.15 Å². The topological polar surface area (TPSA) is 65.2 Å². The number of aryl methyl sites for hydroxylation is 1. The molecule has 5 nitrogen and oxygen atoms in total. The number of esters is 1. The van der Waals surface area contributed by atoms with Crippen LogP contribution in [0.4, 0.5) is 0 Å². The molecule has 0 bridgehead atoms. The zero-order valence-electron chi connectivity index (χ0n) is 14.3. The summed E-state index contributed by atoms with van der Waals surface area (Å²) >= 11 is 1.47. The van der Waals surface area contributed by atoms with Crippen LogP contribution in [0.3, 0.4) is 0 Å². The van der Waals surface area contributed by atoms with Crippen LogP contribution in [-0.4, -0.2) is 28.3 Å². The molecular formula is C20H20N2O3S. The minimum absolute atomic E-state index is 0.201. The van der Waals surface area contributed by atoms with E-state index in [0.717, 1.165) is 29.7 Å². The molecule has 0 spiro atoms. The average molecular weight is 368 g/mol. The summed E-state index contributed by atoms with van der Waals surface area (Å²) in [6, 6.07) is 13.7. The van der Waals surface area contributed by atoms with Crippen molar-refractivity contribution in [3.63, 3.8) is 0 Å². The van der Waals surface area contributed by atoms with Crippen molar-refractivity contribution in [2.75, 3.05) is 12.4 Å². The third-order valence-electron chi connectivity index (χ3n) is 3.64. The molecule has 0 saturated carbocycles. The number of pyridine rings is 1. The lowest BCUT2D eigenvalue weighted by Gasteiger charge is -2.04. The molecule has 1 aromatic carbocycles. The first kappa shape index (κ1) is 18.2. The van der Waals surface area contributed by atoms with Crippen LogP contribution in [0.5, 0.6) is 0 Å². The van der Waals surface area contributed by atoms with Crippen molar-refractivity contribution >= 4 is 17.7 Å². The fourth-order valence-corrected chi connectivity index (χ4v) is 3.07. The van der Waals surface area contributed by atoms with Crippen LogP contribution in [0.25, 0.3) is 11.5 Å². The minimum Gasteiger partial charge on any atom is -0.465 e. The number of carbonyl (C=O) groups is 1. The number of rotatable bonds is 9. The maximum atomic E-state index is 11.8. The van der Waals surface area contributed by atoms with Gasteiger partial charge in [0.25, 0.3) is 0 Å². The third kappa shape index (κ3) is 5.74. The summed E-state index contributed by atoms with van der Waals surface area (Å²) in [6.07, 6.45) is 6.87. The van der Waals surface area contributed by atoms with Gasteiger partial charge in [0.15, 0.2) is 0 Å². The minimum atomic E-state index is -0.201. The maximum Gasteiger partial charge on any atom is 0.315 e. The Hall–Kier alpha value is -2.60. The first-order valence-corrected chi connectivity index (χ1v) is 9.59. The first-order chi connectivity index (χ1) is 12.8. The van der Waals surface area contributed by atoms with E-state index in [1.807, 2.05) is 48.7 Å². The van der Waals surface area contributed by atoms with Gasteiger partial charge in [-0.2, -0.15) is 0 Å². The second-order valence-corrected chi connectivity index (χ2v) is 6.67. The molecule has 0 amide bonds. The summed E-state index contributed by atoms with van der Waals surface area (Å²) in [4.78, 5) is 20.3. The summed E-state index contributed by atoms with van der Waals surface area (Å²) in [5, 5.41) is 0. The number of hydrogen-bond donors (Lipinski definition) is 0. The van der Waals surface area contributed by atoms with Crippen LogP contribution in [-0.2, 0) is 21.7 Å². The SMILES string of the molecule is O=C(CSCc1coc(-c2ccccc2)n1)OCCCc1cccnc1. The van der Waals surface area contributed by atoms with Gasteiger partial charge >= 0.3 is 5.97 Å².